The molecule has 0 saturated carbocycles. The average molecular weight is 484 g/mol. The van der Waals surface area contributed by atoms with Gasteiger partial charge in [-0.1, -0.05) is 42.5 Å². The number of amides is 1. The van der Waals surface area contributed by atoms with E-state index in [4.69, 9.17) is 9.72 Å². The number of piperazine rings is 1. The largest absolute Gasteiger partial charge is 0.383 e. The monoisotopic (exact) mass is 483 g/mol. The van der Waals surface area contributed by atoms with E-state index >= 15 is 0 Å². The SMILES string of the molecule is COCCN(CCC(=O)N1CCN(c2ccccc2F)CC1)c1nc(Cc2ccccc2)ns1. The van der Waals surface area contributed by atoms with Crippen LogP contribution in [-0.2, 0) is 16.0 Å². The van der Waals surface area contributed by atoms with E-state index in [1.165, 1.54) is 23.2 Å². The third kappa shape index (κ3) is 6.30. The van der Waals surface area contributed by atoms with Gasteiger partial charge in [0.1, 0.15) is 11.6 Å². The van der Waals surface area contributed by atoms with Crippen LogP contribution in [-0.4, -0.2) is 73.1 Å². The molecule has 0 N–H and O–H groups in total. The van der Waals surface area contributed by atoms with Gasteiger partial charge in [0.05, 0.1) is 12.3 Å². The molecule has 2 aromatic carbocycles. The zero-order chi connectivity index (χ0) is 23.8. The minimum absolute atomic E-state index is 0.102. The Morgan fingerprint density at radius 1 is 1.06 bits per heavy atom. The van der Waals surface area contributed by atoms with E-state index < -0.39 is 0 Å². The van der Waals surface area contributed by atoms with Gasteiger partial charge < -0.3 is 19.4 Å². The third-order valence-electron chi connectivity index (χ3n) is 5.92. The van der Waals surface area contributed by atoms with Crippen LogP contribution in [0.3, 0.4) is 0 Å². The lowest BCUT2D eigenvalue weighted by Crippen LogP contribution is -2.49. The van der Waals surface area contributed by atoms with Crippen molar-refractivity contribution in [2.24, 2.45) is 0 Å². The Morgan fingerprint density at radius 2 is 1.79 bits per heavy atom. The third-order valence-corrected chi connectivity index (χ3v) is 6.73. The van der Waals surface area contributed by atoms with Crippen molar-refractivity contribution >= 4 is 28.3 Å². The molecule has 1 amide bonds. The molecule has 1 aliphatic heterocycles. The van der Waals surface area contributed by atoms with Crippen molar-refractivity contribution in [1.82, 2.24) is 14.3 Å². The molecule has 0 unspecified atom stereocenters. The van der Waals surface area contributed by atoms with Gasteiger partial charge in [0, 0.05) is 70.8 Å². The number of aromatic nitrogens is 2. The van der Waals surface area contributed by atoms with Crippen LogP contribution in [0.2, 0.25) is 0 Å². The smallest absolute Gasteiger partial charge is 0.224 e. The molecule has 1 aliphatic rings. The number of rotatable bonds is 10. The number of methoxy groups -OCH3 is 1. The van der Waals surface area contributed by atoms with Gasteiger partial charge in [-0.2, -0.15) is 4.37 Å². The van der Waals surface area contributed by atoms with Crippen molar-refractivity contribution in [2.45, 2.75) is 12.8 Å². The molecule has 9 heteroatoms. The lowest BCUT2D eigenvalue weighted by Gasteiger charge is -2.36. The maximum atomic E-state index is 14.1. The van der Waals surface area contributed by atoms with Crippen molar-refractivity contribution < 1.29 is 13.9 Å². The van der Waals surface area contributed by atoms with Crippen LogP contribution in [0, 0.1) is 5.82 Å². The summed E-state index contributed by atoms with van der Waals surface area (Å²) in [7, 11) is 1.67. The van der Waals surface area contributed by atoms with Gasteiger partial charge in [-0.15, -0.1) is 0 Å². The van der Waals surface area contributed by atoms with Gasteiger partial charge in [-0.25, -0.2) is 9.37 Å². The number of nitrogens with zero attached hydrogens (tertiary/aromatic N) is 5. The Bertz CT molecular complexity index is 1060. The Hall–Kier alpha value is -3.04. The minimum Gasteiger partial charge on any atom is -0.383 e. The minimum atomic E-state index is -0.222. The molecule has 1 aromatic heterocycles. The highest BCUT2D eigenvalue weighted by molar-refractivity contribution is 7.09. The van der Waals surface area contributed by atoms with Crippen LogP contribution < -0.4 is 9.80 Å². The summed E-state index contributed by atoms with van der Waals surface area (Å²) >= 11 is 1.36. The van der Waals surface area contributed by atoms with Gasteiger partial charge in [0.15, 0.2) is 0 Å². The number of anilines is 2. The predicted octanol–water partition coefficient (Wildman–Crippen LogP) is 3.46. The fourth-order valence-corrected chi connectivity index (χ4v) is 4.76. The highest BCUT2D eigenvalue weighted by atomic mass is 32.1. The first kappa shape index (κ1) is 24.1. The number of halogens is 1. The lowest BCUT2D eigenvalue weighted by atomic mass is 10.1. The molecule has 0 radical (unpaired) electrons. The average Bonchev–Trinajstić information content (AvgIpc) is 3.33. The molecule has 4 rings (SSSR count). The topological polar surface area (TPSA) is 61.8 Å². The van der Waals surface area contributed by atoms with Gasteiger partial charge >= 0.3 is 0 Å². The first-order chi connectivity index (χ1) is 16.6. The van der Waals surface area contributed by atoms with Crippen LogP contribution in [0.1, 0.15) is 17.8 Å². The number of hydrogen-bond donors (Lipinski definition) is 0. The summed E-state index contributed by atoms with van der Waals surface area (Å²) in [6, 6.07) is 16.9. The fraction of sp³-hybridized carbons (Fsp3) is 0.400. The summed E-state index contributed by atoms with van der Waals surface area (Å²) in [4.78, 5) is 23.6. The van der Waals surface area contributed by atoms with Crippen molar-refractivity contribution in [3.63, 3.8) is 0 Å². The van der Waals surface area contributed by atoms with E-state index in [9.17, 15) is 9.18 Å². The van der Waals surface area contributed by atoms with Crippen molar-refractivity contribution in [2.75, 3.05) is 62.8 Å². The molecule has 0 atom stereocenters. The molecule has 180 valence electrons. The van der Waals surface area contributed by atoms with Gasteiger partial charge in [-0.05, 0) is 17.7 Å². The number of carbonyl (C=O) groups is 1. The fourth-order valence-electron chi connectivity index (χ4n) is 4.02. The number of benzene rings is 2. The molecule has 2 heterocycles. The summed E-state index contributed by atoms with van der Waals surface area (Å²) in [5, 5.41) is 0.806. The van der Waals surface area contributed by atoms with Gasteiger partial charge in [0.2, 0.25) is 11.0 Å². The predicted molar refractivity (Wildman–Crippen MR) is 133 cm³/mol. The number of carbonyl (C=O) groups excluding carboxylic acids is 1. The molecular weight excluding hydrogens is 453 g/mol. The van der Waals surface area contributed by atoms with E-state index in [0.29, 0.717) is 64.4 Å². The summed E-state index contributed by atoms with van der Waals surface area (Å²) in [6.45, 7) is 4.17. The summed E-state index contributed by atoms with van der Waals surface area (Å²) in [6.07, 6.45) is 1.07. The van der Waals surface area contributed by atoms with E-state index in [-0.39, 0.29) is 11.7 Å². The van der Waals surface area contributed by atoms with E-state index in [1.807, 2.05) is 34.1 Å². The van der Waals surface area contributed by atoms with Gasteiger partial charge in [-0.3, -0.25) is 4.79 Å². The quantitative estimate of drug-likeness (QED) is 0.440. The van der Waals surface area contributed by atoms with Crippen LogP contribution in [0.15, 0.2) is 54.6 Å². The maximum Gasteiger partial charge on any atom is 0.224 e. The van der Waals surface area contributed by atoms with Gasteiger partial charge in [0.25, 0.3) is 0 Å². The molecular formula is C25H30FN5O2S. The molecule has 0 aliphatic carbocycles. The molecule has 34 heavy (non-hydrogen) atoms. The number of ether oxygens (including phenoxy) is 1. The first-order valence-corrected chi connectivity index (χ1v) is 12.3. The van der Waals surface area contributed by atoms with Crippen molar-refractivity contribution in [1.29, 1.82) is 0 Å². The first-order valence-electron chi connectivity index (χ1n) is 11.5. The summed E-state index contributed by atoms with van der Waals surface area (Å²) < 4.78 is 23.9. The lowest BCUT2D eigenvalue weighted by molar-refractivity contribution is -0.131. The van der Waals surface area contributed by atoms with E-state index in [1.54, 1.807) is 19.2 Å². The van der Waals surface area contributed by atoms with E-state index in [2.05, 4.69) is 21.4 Å². The highest BCUT2D eigenvalue weighted by Gasteiger charge is 2.23. The summed E-state index contributed by atoms with van der Waals surface area (Å²) in [5.41, 5.74) is 1.77. The zero-order valence-corrected chi connectivity index (χ0v) is 20.2. The summed E-state index contributed by atoms with van der Waals surface area (Å²) in [5.74, 6) is 0.661. The number of hydrogen-bond acceptors (Lipinski definition) is 7. The normalized spacial score (nSPS) is 13.8. The second kappa shape index (κ2) is 11.9. The van der Waals surface area contributed by atoms with Crippen molar-refractivity contribution in [3.05, 3.63) is 71.8 Å². The standard InChI is InChI=1S/C25H30FN5O2S/c1-33-18-17-31(25-27-23(28-34-25)19-20-7-3-2-4-8-20)12-11-24(32)30-15-13-29(14-16-30)22-10-6-5-9-21(22)26/h2-10H,11-19H2,1H3. The Balaban J connectivity index is 1.31. The maximum absolute atomic E-state index is 14.1. The second-order valence-corrected chi connectivity index (χ2v) is 8.93. The molecule has 7 nitrogen and oxygen atoms in total. The number of para-hydroxylation sites is 1. The van der Waals surface area contributed by atoms with E-state index in [0.717, 1.165) is 11.0 Å². The van der Waals surface area contributed by atoms with Crippen LogP contribution in [0.4, 0.5) is 15.2 Å². The molecule has 1 saturated heterocycles. The molecule has 0 bridgehead atoms. The Labute approximate surface area is 203 Å². The van der Waals surface area contributed by atoms with Crippen LogP contribution in [0.25, 0.3) is 0 Å². The Kier molecular flexibility index (Phi) is 8.43. The molecule has 0 spiro atoms. The zero-order valence-electron chi connectivity index (χ0n) is 19.4. The second-order valence-electron chi connectivity index (χ2n) is 8.20. The van der Waals surface area contributed by atoms with Crippen LogP contribution in [0.5, 0.6) is 0 Å². The Morgan fingerprint density at radius 3 is 2.53 bits per heavy atom. The molecule has 1 fully saturated rings. The van der Waals surface area contributed by atoms with Crippen molar-refractivity contribution in [3.8, 4) is 0 Å². The van der Waals surface area contributed by atoms with Crippen LogP contribution >= 0.6 is 11.5 Å². The highest BCUT2D eigenvalue weighted by Crippen LogP contribution is 2.22. The molecule has 3 aromatic rings.